The molecule has 2 heteroatoms. The zero-order chi connectivity index (χ0) is 9.97. The lowest BCUT2D eigenvalue weighted by molar-refractivity contribution is 0.306. The Morgan fingerprint density at radius 3 is 3.00 bits per heavy atom. The highest BCUT2D eigenvalue weighted by molar-refractivity contribution is 6.30. The molecule has 1 aromatic carbocycles. The SMILES string of the molecule is CC1CCCNC1c1cccc(Cl)c1. The van der Waals surface area contributed by atoms with E-state index in [1.54, 1.807) is 0 Å². The van der Waals surface area contributed by atoms with Gasteiger partial charge in [-0.1, -0.05) is 30.7 Å². The first kappa shape index (κ1) is 10.0. The molecule has 2 rings (SSSR count). The molecule has 0 amide bonds. The van der Waals surface area contributed by atoms with E-state index in [4.69, 9.17) is 11.6 Å². The lowest BCUT2D eigenvalue weighted by Gasteiger charge is -2.30. The Hall–Kier alpha value is -0.530. The maximum Gasteiger partial charge on any atom is 0.0409 e. The van der Waals surface area contributed by atoms with Gasteiger partial charge >= 0.3 is 0 Å². The number of rotatable bonds is 1. The summed E-state index contributed by atoms with van der Waals surface area (Å²) in [7, 11) is 0. The zero-order valence-electron chi connectivity index (χ0n) is 8.46. The Morgan fingerprint density at radius 2 is 2.29 bits per heavy atom. The van der Waals surface area contributed by atoms with E-state index in [1.807, 2.05) is 12.1 Å². The number of piperidine rings is 1. The first-order valence-electron chi connectivity index (χ1n) is 5.26. The van der Waals surface area contributed by atoms with Gasteiger partial charge in [0.1, 0.15) is 0 Å². The minimum absolute atomic E-state index is 0.488. The molecule has 0 radical (unpaired) electrons. The van der Waals surface area contributed by atoms with Crippen LogP contribution in [-0.2, 0) is 0 Å². The van der Waals surface area contributed by atoms with Crippen molar-refractivity contribution in [2.24, 2.45) is 5.92 Å². The Labute approximate surface area is 90.5 Å². The van der Waals surface area contributed by atoms with Crippen LogP contribution < -0.4 is 5.32 Å². The molecule has 1 nitrogen and oxygen atoms in total. The van der Waals surface area contributed by atoms with Gasteiger partial charge in [-0.15, -0.1) is 0 Å². The average Bonchev–Trinajstić information content (AvgIpc) is 2.18. The summed E-state index contributed by atoms with van der Waals surface area (Å²) in [4.78, 5) is 0. The topological polar surface area (TPSA) is 12.0 Å². The van der Waals surface area contributed by atoms with Gasteiger partial charge in [0.25, 0.3) is 0 Å². The number of halogens is 1. The van der Waals surface area contributed by atoms with Crippen molar-refractivity contribution in [2.45, 2.75) is 25.8 Å². The summed E-state index contributed by atoms with van der Waals surface area (Å²) >= 11 is 5.98. The zero-order valence-corrected chi connectivity index (χ0v) is 9.22. The molecule has 1 aromatic rings. The largest absolute Gasteiger partial charge is 0.310 e. The molecule has 1 fully saturated rings. The van der Waals surface area contributed by atoms with E-state index < -0.39 is 0 Å². The molecule has 1 heterocycles. The van der Waals surface area contributed by atoms with E-state index in [0.29, 0.717) is 12.0 Å². The van der Waals surface area contributed by atoms with Crippen molar-refractivity contribution in [3.63, 3.8) is 0 Å². The molecule has 2 atom stereocenters. The number of nitrogens with one attached hydrogen (secondary N) is 1. The van der Waals surface area contributed by atoms with E-state index in [2.05, 4.69) is 24.4 Å². The summed E-state index contributed by atoms with van der Waals surface area (Å²) in [5.74, 6) is 0.710. The van der Waals surface area contributed by atoms with Crippen LogP contribution in [0.4, 0.5) is 0 Å². The van der Waals surface area contributed by atoms with Crippen molar-refractivity contribution < 1.29 is 0 Å². The first-order valence-corrected chi connectivity index (χ1v) is 5.64. The highest BCUT2D eigenvalue weighted by Crippen LogP contribution is 2.29. The number of benzene rings is 1. The van der Waals surface area contributed by atoms with Gasteiger partial charge in [-0.25, -0.2) is 0 Å². The van der Waals surface area contributed by atoms with Gasteiger partial charge in [-0.05, 0) is 43.0 Å². The maximum absolute atomic E-state index is 5.98. The Bertz CT molecular complexity index is 311. The molecule has 76 valence electrons. The summed E-state index contributed by atoms with van der Waals surface area (Å²) in [5.41, 5.74) is 1.32. The van der Waals surface area contributed by atoms with Crippen molar-refractivity contribution in [1.29, 1.82) is 0 Å². The predicted octanol–water partition coefficient (Wildman–Crippen LogP) is 3.40. The molecule has 0 aliphatic carbocycles. The van der Waals surface area contributed by atoms with Crippen molar-refractivity contribution in [3.8, 4) is 0 Å². The third-order valence-corrected chi connectivity index (χ3v) is 3.21. The Balaban J connectivity index is 2.20. The van der Waals surface area contributed by atoms with Crippen LogP contribution in [-0.4, -0.2) is 6.54 Å². The fraction of sp³-hybridized carbons (Fsp3) is 0.500. The summed E-state index contributed by atoms with van der Waals surface area (Å²) in [6, 6.07) is 8.67. The molecule has 1 saturated heterocycles. The molecule has 0 spiro atoms. The molecule has 1 aliphatic heterocycles. The molecule has 0 bridgehead atoms. The van der Waals surface area contributed by atoms with E-state index in [1.165, 1.54) is 18.4 Å². The standard InChI is InChI=1S/C12H16ClN/c1-9-4-3-7-14-12(9)10-5-2-6-11(13)8-10/h2,5-6,8-9,12,14H,3-4,7H2,1H3. The third kappa shape index (κ3) is 2.10. The molecular weight excluding hydrogens is 194 g/mol. The lowest BCUT2D eigenvalue weighted by Crippen LogP contribution is -2.32. The summed E-state index contributed by atoms with van der Waals surface area (Å²) in [5, 5.41) is 4.39. The molecular formula is C12H16ClN. The van der Waals surface area contributed by atoms with Crippen LogP contribution in [0, 0.1) is 5.92 Å². The molecule has 1 N–H and O–H groups in total. The normalized spacial score (nSPS) is 27.6. The lowest BCUT2D eigenvalue weighted by atomic mass is 9.88. The molecule has 14 heavy (non-hydrogen) atoms. The second kappa shape index (κ2) is 4.33. The predicted molar refractivity (Wildman–Crippen MR) is 60.6 cm³/mol. The van der Waals surface area contributed by atoms with Crippen molar-refractivity contribution in [1.82, 2.24) is 5.32 Å². The average molecular weight is 210 g/mol. The monoisotopic (exact) mass is 209 g/mol. The second-order valence-electron chi connectivity index (χ2n) is 4.11. The fourth-order valence-electron chi connectivity index (χ4n) is 2.20. The van der Waals surface area contributed by atoms with Gasteiger partial charge in [-0.2, -0.15) is 0 Å². The van der Waals surface area contributed by atoms with Gasteiger partial charge in [0, 0.05) is 11.1 Å². The highest BCUT2D eigenvalue weighted by atomic mass is 35.5. The fourth-order valence-corrected chi connectivity index (χ4v) is 2.39. The van der Waals surface area contributed by atoms with Crippen LogP contribution in [0.1, 0.15) is 31.4 Å². The summed E-state index contributed by atoms with van der Waals surface area (Å²) in [6.45, 7) is 3.43. The number of hydrogen-bond donors (Lipinski definition) is 1. The van der Waals surface area contributed by atoms with Gasteiger partial charge in [0.15, 0.2) is 0 Å². The first-order chi connectivity index (χ1) is 6.77. The Kier molecular flexibility index (Phi) is 3.09. The quantitative estimate of drug-likeness (QED) is 0.748. The summed E-state index contributed by atoms with van der Waals surface area (Å²) < 4.78 is 0. The van der Waals surface area contributed by atoms with Crippen molar-refractivity contribution in [3.05, 3.63) is 34.9 Å². The second-order valence-corrected chi connectivity index (χ2v) is 4.54. The smallest absolute Gasteiger partial charge is 0.0409 e. The third-order valence-electron chi connectivity index (χ3n) is 2.98. The highest BCUT2D eigenvalue weighted by Gasteiger charge is 2.21. The number of hydrogen-bond acceptors (Lipinski definition) is 1. The van der Waals surface area contributed by atoms with Crippen LogP contribution in [0.15, 0.2) is 24.3 Å². The van der Waals surface area contributed by atoms with Gasteiger partial charge in [-0.3, -0.25) is 0 Å². The van der Waals surface area contributed by atoms with E-state index in [9.17, 15) is 0 Å². The van der Waals surface area contributed by atoms with Crippen LogP contribution in [0.3, 0.4) is 0 Å². The van der Waals surface area contributed by atoms with Crippen molar-refractivity contribution in [2.75, 3.05) is 6.54 Å². The molecule has 0 aromatic heterocycles. The van der Waals surface area contributed by atoms with Gasteiger partial charge in [0.2, 0.25) is 0 Å². The maximum atomic E-state index is 5.98. The molecule has 0 saturated carbocycles. The Morgan fingerprint density at radius 1 is 1.43 bits per heavy atom. The van der Waals surface area contributed by atoms with Gasteiger partial charge < -0.3 is 5.32 Å². The summed E-state index contributed by atoms with van der Waals surface area (Å²) in [6.07, 6.45) is 2.60. The minimum atomic E-state index is 0.488. The van der Waals surface area contributed by atoms with E-state index in [0.717, 1.165) is 11.6 Å². The van der Waals surface area contributed by atoms with E-state index in [-0.39, 0.29) is 0 Å². The van der Waals surface area contributed by atoms with Crippen LogP contribution in [0.5, 0.6) is 0 Å². The van der Waals surface area contributed by atoms with Gasteiger partial charge in [0.05, 0.1) is 0 Å². The molecule has 2 unspecified atom stereocenters. The van der Waals surface area contributed by atoms with E-state index >= 15 is 0 Å². The minimum Gasteiger partial charge on any atom is -0.310 e. The van der Waals surface area contributed by atoms with Crippen LogP contribution >= 0.6 is 11.6 Å². The van der Waals surface area contributed by atoms with Crippen LogP contribution in [0.2, 0.25) is 5.02 Å². The van der Waals surface area contributed by atoms with Crippen LogP contribution in [0.25, 0.3) is 0 Å². The van der Waals surface area contributed by atoms with Crippen molar-refractivity contribution >= 4 is 11.6 Å². The molecule has 1 aliphatic rings.